The summed E-state index contributed by atoms with van der Waals surface area (Å²) < 4.78 is 55.2. The Hall–Kier alpha value is -1.47. The van der Waals surface area contributed by atoms with Crippen LogP contribution in [0.2, 0.25) is 4.34 Å². The van der Waals surface area contributed by atoms with Gasteiger partial charge in [0.25, 0.3) is 0 Å². The van der Waals surface area contributed by atoms with E-state index in [4.69, 9.17) is 16.1 Å². The number of amides is 1. The van der Waals surface area contributed by atoms with Crippen LogP contribution in [-0.2, 0) is 24.5 Å². The van der Waals surface area contributed by atoms with E-state index in [2.05, 4.69) is 15.8 Å². The van der Waals surface area contributed by atoms with Crippen molar-refractivity contribution in [1.29, 1.82) is 0 Å². The lowest BCUT2D eigenvalue weighted by atomic mass is 10.2. The van der Waals surface area contributed by atoms with Crippen molar-refractivity contribution in [3.05, 3.63) is 28.3 Å². The van der Waals surface area contributed by atoms with Crippen molar-refractivity contribution in [3.63, 3.8) is 0 Å². The van der Waals surface area contributed by atoms with E-state index in [1.807, 2.05) is 0 Å². The fourth-order valence-corrected chi connectivity index (χ4v) is 9.32. The Balaban J connectivity index is 1.77. The predicted molar refractivity (Wildman–Crippen MR) is 105 cm³/mol. The molecule has 2 aromatic rings. The standard InChI is InChI=1S/C15H18ClN3O6S3/c1-8-5-13(19-25-8)18-15(20)9(2)17-10-6-27(21,22)7-11(10)28(23,24)14-4-3-12(16)26-14/h3-5,9-11,17H,6-7H2,1-2H3,(H,18,19,20)/t9-,10-,11-/m0/s1. The molecule has 3 rings (SSSR count). The highest BCUT2D eigenvalue weighted by Crippen LogP contribution is 2.32. The number of carbonyl (C=O) groups is 1. The van der Waals surface area contributed by atoms with Gasteiger partial charge in [-0.2, -0.15) is 0 Å². The van der Waals surface area contributed by atoms with Crippen LogP contribution in [0.5, 0.6) is 0 Å². The average molecular weight is 468 g/mol. The van der Waals surface area contributed by atoms with Crippen molar-refractivity contribution in [3.8, 4) is 0 Å². The molecular formula is C15H18ClN3O6S3. The third-order valence-electron chi connectivity index (χ3n) is 4.26. The fraction of sp³-hybridized carbons (Fsp3) is 0.467. The van der Waals surface area contributed by atoms with E-state index in [0.717, 1.165) is 11.3 Å². The first-order valence-electron chi connectivity index (χ1n) is 8.18. The zero-order chi connectivity index (χ0) is 20.7. The van der Waals surface area contributed by atoms with Crippen LogP contribution in [0.25, 0.3) is 0 Å². The van der Waals surface area contributed by atoms with Crippen molar-refractivity contribution >= 4 is 54.3 Å². The number of hydrogen-bond acceptors (Lipinski definition) is 9. The van der Waals surface area contributed by atoms with Crippen LogP contribution in [0.4, 0.5) is 5.82 Å². The Morgan fingerprint density at radius 2 is 2.11 bits per heavy atom. The van der Waals surface area contributed by atoms with Gasteiger partial charge in [0.1, 0.15) is 9.97 Å². The number of sulfone groups is 2. The molecule has 0 aliphatic carbocycles. The third kappa shape index (κ3) is 4.57. The first-order valence-corrected chi connectivity index (χ1v) is 12.7. The molecule has 0 unspecified atom stereocenters. The van der Waals surface area contributed by atoms with Gasteiger partial charge in [-0.05, 0) is 26.0 Å². The fourth-order valence-electron chi connectivity index (χ4n) is 2.93. The molecule has 28 heavy (non-hydrogen) atoms. The average Bonchev–Trinajstić information content (AvgIpc) is 3.27. The second kappa shape index (κ2) is 7.75. The number of aryl methyl sites for hydroxylation is 1. The van der Waals surface area contributed by atoms with Gasteiger partial charge in [-0.25, -0.2) is 16.8 Å². The van der Waals surface area contributed by atoms with Gasteiger partial charge < -0.3 is 15.2 Å². The van der Waals surface area contributed by atoms with Gasteiger partial charge in [0.15, 0.2) is 25.5 Å². The molecule has 154 valence electrons. The monoisotopic (exact) mass is 467 g/mol. The number of rotatable bonds is 6. The van der Waals surface area contributed by atoms with Gasteiger partial charge >= 0.3 is 0 Å². The summed E-state index contributed by atoms with van der Waals surface area (Å²) in [4.78, 5) is 12.3. The predicted octanol–water partition coefficient (Wildman–Crippen LogP) is 1.25. The normalized spacial score (nSPS) is 22.8. The van der Waals surface area contributed by atoms with Crippen molar-refractivity contribution in [2.24, 2.45) is 0 Å². The number of anilines is 1. The topological polar surface area (TPSA) is 135 Å². The molecule has 1 amide bonds. The molecule has 1 fully saturated rings. The molecule has 3 heterocycles. The Morgan fingerprint density at radius 1 is 1.39 bits per heavy atom. The first-order chi connectivity index (χ1) is 13.0. The van der Waals surface area contributed by atoms with Crippen LogP contribution in [0.3, 0.4) is 0 Å². The molecule has 0 spiro atoms. The summed E-state index contributed by atoms with van der Waals surface area (Å²) in [5, 5.41) is 7.80. The van der Waals surface area contributed by atoms with Crippen LogP contribution in [0.15, 0.2) is 26.9 Å². The maximum absolute atomic E-state index is 12.9. The summed E-state index contributed by atoms with van der Waals surface area (Å²) in [5.74, 6) is -0.658. The molecule has 0 saturated carbocycles. The van der Waals surface area contributed by atoms with E-state index in [0.29, 0.717) is 10.1 Å². The zero-order valence-electron chi connectivity index (χ0n) is 14.9. The van der Waals surface area contributed by atoms with E-state index < -0.39 is 48.7 Å². The molecule has 0 bridgehead atoms. The van der Waals surface area contributed by atoms with E-state index in [9.17, 15) is 21.6 Å². The zero-order valence-corrected chi connectivity index (χ0v) is 18.1. The lowest BCUT2D eigenvalue weighted by molar-refractivity contribution is -0.118. The smallest absolute Gasteiger partial charge is 0.242 e. The quantitative estimate of drug-likeness (QED) is 0.647. The van der Waals surface area contributed by atoms with Gasteiger partial charge in [-0.1, -0.05) is 16.8 Å². The lowest BCUT2D eigenvalue weighted by Crippen LogP contribution is -2.50. The maximum atomic E-state index is 12.9. The minimum atomic E-state index is -3.93. The number of nitrogens with zero attached hydrogens (tertiary/aromatic N) is 1. The molecule has 3 atom stereocenters. The van der Waals surface area contributed by atoms with E-state index >= 15 is 0 Å². The lowest BCUT2D eigenvalue weighted by Gasteiger charge is -2.22. The second-order valence-corrected chi connectivity index (χ2v) is 12.8. The molecule has 0 radical (unpaired) electrons. The molecule has 13 heteroatoms. The van der Waals surface area contributed by atoms with Gasteiger partial charge in [0.05, 0.1) is 27.1 Å². The highest BCUT2D eigenvalue weighted by molar-refractivity contribution is 7.97. The van der Waals surface area contributed by atoms with Gasteiger partial charge in [-0.3, -0.25) is 4.79 Å². The van der Waals surface area contributed by atoms with Gasteiger partial charge in [0, 0.05) is 12.1 Å². The molecule has 1 aliphatic rings. The Kier molecular flexibility index (Phi) is 5.88. The second-order valence-electron chi connectivity index (χ2n) is 6.53. The van der Waals surface area contributed by atoms with Crippen LogP contribution in [0.1, 0.15) is 12.7 Å². The highest BCUT2D eigenvalue weighted by Gasteiger charge is 2.47. The largest absolute Gasteiger partial charge is 0.360 e. The van der Waals surface area contributed by atoms with Crippen molar-refractivity contribution in [1.82, 2.24) is 10.5 Å². The molecule has 2 N–H and O–H groups in total. The molecule has 1 aliphatic heterocycles. The summed E-state index contributed by atoms with van der Waals surface area (Å²) >= 11 is 6.69. The minimum Gasteiger partial charge on any atom is -0.360 e. The minimum absolute atomic E-state index is 0.00146. The summed E-state index contributed by atoms with van der Waals surface area (Å²) in [7, 11) is -7.52. The Morgan fingerprint density at radius 3 is 2.68 bits per heavy atom. The van der Waals surface area contributed by atoms with Crippen LogP contribution >= 0.6 is 22.9 Å². The first kappa shape index (κ1) is 21.2. The van der Waals surface area contributed by atoms with Crippen LogP contribution < -0.4 is 10.6 Å². The van der Waals surface area contributed by atoms with Crippen LogP contribution in [0, 0.1) is 6.92 Å². The summed E-state index contributed by atoms with van der Waals surface area (Å²) in [6.07, 6.45) is 0. The maximum Gasteiger partial charge on any atom is 0.242 e. The van der Waals surface area contributed by atoms with E-state index in [1.165, 1.54) is 25.1 Å². The third-order valence-corrected chi connectivity index (χ3v) is 10.2. The van der Waals surface area contributed by atoms with Gasteiger partial charge in [0.2, 0.25) is 5.91 Å². The van der Waals surface area contributed by atoms with E-state index in [-0.39, 0.29) is 15.8 Å². The highest BCUT2D eigenvalue weighted by atomic mass is 35.5. The summed E-state index contributed by atoms with van der Waals surface area (Å²) in [6, 6.07) is 2.53. The summed E-state index contributed by atoms with van der Waals surface area (Å²) in [5.41, 5.74) is 0. The van der Waals surface area contributed by atoms with Gasteiger partial charge in [-0.15, -0.1) is 11.3 Å². The van der Waals surface area contributed by atoms with Crippen molar-refractivity contribution < 1.29 is 26.2 Å². The van der Waals surface area contributed by atoms with E-state index in [1.54, 1.807) is 6.92 Å². The summed E-state index contributed by atoms with van der Waals surface area (Å²) in [6.45, 7) is 3.18. The number of carbonyl (C=O) groups excluding carboxylic acids is 1. The molecular weight excluding hydrogens is 450 g/mol. The molecule has 2 aromatic heterocycles. The van der Waals surface area contributed by atoms with Crippen LogP contribution in [-0.4, -0.2) is 56.7 Å². The Bertz CT molecular complexity index is 1090. The number of halogens is 1. The Labute approximate surface area is 171 Å². The molecule has 9 nitrogen and oxygen atoms in total. The molecule has 0 aromatic carbocycles. The number of hydrogen-bond donors (Lipinski definition) is 2. The number of nitrogens with one attached hydrogen (secondary N) is 2. The SMILES string of the molecule is Cc1cc(NC(=O)[C@H](C)N[C@H]2CS(=O)(=O)C[C@@H]2S(=O)(=O)c2ccc(Cl)s2)no1. The molecule has 1 saturated heterocycles. The number of aromatic nitrogens is 1. The van der Waals surface area contributed by atoms with Crippen molar-refractivity contribution in [2.45, 2.75) is 35.4 Å². The number of thiophene rings is 1. The van der Waals surface area contributed by atoms with Crippen molar-refractivity contribution in [2.75, 3.05) is 16.8 Å².